The number of carbonyl (C=O) groups excluding carboxylic acids is 2. The van der Waals surface area contributed by atoms with Gasteiger partial charge in [-0.3, -0.25) is 9.59 Å². The van der Waals surface area contributed by atoms with Gasteiger partial charge in [0.05, 0.1) is 6.54 Å². The number of hydrogen-bond donors (Lipinski definition) is 3. The molecule has 24 heavy (non-hydrogen) atoms. The first-order valence-electron chi connectivity index (χ1n) is 7.68. The molecule has 0 spiro atoms. The zero-order chi connectivity index (χ0) is 17.5. The standard InChI is InChI=1S/C18H20BrN3O2/c1-3-17(23)21-15-8-5-9-16(12(15)2)22-18(24)11-20-14-7-4-6-13(19)10-14/h4-10,20H,3,11H2,1-2H3,(H,21,23)(H,22,24). The van der Waals surface area contributed by atoms with E-state index in [0.29, 0.717) is 17.8 Å². The summed E-state index contributed by atoms with van der Waals surface area (Å²) in [5, 5.41) is 8.76. The predicted molar refractivity (Wildman–Crippen MR) is 101 cm³/mol. The van der Waals surface area contributed by atoms with Crippen LogP contribution in [0.3, 0.4) is 0 Å². The smallest absolute Gasteiger partial charge is 0.243 e. The van der Waals surface area contributed by atoms with Gasteiger partial charge in [0.1, 0.15) is 0 Å². The second-order valence-corrected chi connectivity index (χ2v) is 6.21. The summed E-state index contributed by atoms with van der Waals surface area (Å²) < 4.78 is 0.947. The van der Waals surface area contributed by atoms with Crippen LogP contribution in [0.15, 0.2) is 46.9 Å². The van der Waals surface area contributed by atoms with E-state index in [0.717, 1.165) is 15.7 Å². The first-order valence-corrected chi connectivity index (χ1v) is 8.47. The third kappa shape index (κ3) is 5.09. The van der Waals surface area contributed by atoms with E-state index in [4.69, 9.17) is 0 Å². The molecule has 0 aromatic heterocycles. The molecule has 6 heteroatoms. The van der Waals surface area contributed by atoms with Crippen LogP contribution in [0.4, 0.5) is 17.1 Å². The minimum absolute atomic E-state index is 0.0575. The Morgan fingerprint density at radius 3 is 2.25 bits per heavy atom. The van der Waals surface area contributed by atoms with Crippen LogP contribution < -0.4 is 16.0 Å². The highest BCUT2D eigenvalue weighted by molar-refractivity contribution is 9.10. The van der Waals surface area contributed by atoms with Crippen molar-refractivity contribution in [2.24, 2.45) is 0 Å². The van der Waals surface area contributed by atoms with Crippen molar-refractivity contribution >= 4 is 44.8 Å². The lowest BCUT2D eigenvalue weighted by Crippen LogP contribution is -2.22. The van der Waals surface area contributed by atoms with E-state index in [1.807, 2.05) is 43.3 Å². The van der Waals surface area contributed by atoms with Crippen LogP contribution in [0.5, 0.6) is 0 Å². The zero-order valence-corrected chi connectivity index (χ0v) is 15.2. The lowest BCUT2D eigenvalue weighted by atomic mass is 10.1. The molecular weight excluding hydrogens is 370 g/mol. The van der Waals surface area contributed by atoms with Crippen LogP contribution >= 0.6 is 15.9 Å². The van der Waals surface area contributed by atoms with E-state index in [-0.39, 0.29) is 18.4 Å². The van der Waals surface area contributed by atoms with Gasteiger partial charge in [0, 0.05) is 28.0 Å². The fourth-order valence-corrected chi connectivity index (χ4v) is 2.52. The Balaban J connectivity index is 1.98. The van der Waals surface area contributed by atoms with Crippen molar-refractivity contribution in [3.8, 4) is 0 Å². The molecule has 0 bridgehead atoms. The Morgan fingerprint density at radius 2 is 1.62 bits per heavy atom. The summed E-state index contributed by atoms with van der Waals surface area (Å²) in [5.41, 5.74) is 3.08. The lowest BCUT2D eigenvalue weighted by Gasteiger charge is -2.14. The summed E-state index contributed by atoms with van der Waals surface area (Å²) >= 11 is 3.39. The summed E-state index contributed by atoms with van der Waals surface area (Å²) in [6.07, 6.45) is 0.409. The fourth-order valence-electron chi connectivity index (χ4n) is 2.12. The summed E-state index contributed by atoms with van der Waals surface area (Å²) in [6, 6.07) is 13.0. The number of rotatable bonds is 6. The minimum Gasteiger partial charge on any atom is -0.376 e. The molecule has 2 aromatic carbocycles. The van der Waals surface area contributed by atoms with Gasteiger partial charge >= 0.3 is 0 Å². The Hall–Kier alpha value is -2.34. The summed E-state index contributed by atoms with van der Waals surface area (Å²) in [6.45, 7) is 3.81. The van der Waals surface area contributed by atoms with Gasteiger partial charge in [-0.1, -0.05) is 35.0 Å². The maximum atomic E-state index is 12.1. The van der Waals surface area contributed by atoms with E-state index in [2.05, 4.69) is 31.9 Å². The Labute approximate surface area is 150 Å². The van der Waals surface area contributed by atoms with Gasteiger partial charge in [-0.25, -0.2) is 0 Å². The highest BCUT2D eigenvalue weighted by Crippen LogP contribution is 2.23. The number of carbonyl (C=O) groups is 2. The SMILES string of the molecule is CCC(=O)Nc1cccc(NC(=O)CNc2cccc(Br)c2)c1C. The Morgan fingerprint density at radius 1 is 1.00 bits per heavy atom. The molecule has 2 aromatic rings. The quantitative estimate of drug-likeness (QED) is 0.694. The van der Waals surface area contributed by atoms with Gasteiger partial charge in [0.2, 0.25) is 11.8 Å². The van der Waals surface area contributed by atoms with Gasteiger partial charge in [-0.2, -0.15) is 0 Å². The molecule has 0 fully saturated rings. The number of benzene rings is 2. The van der Waals surface area contributed by atoms with Crippen LogP contribution in [-0.4, -0.2) is 18.4 Å². The second-order valence-electron chi connectivity index (χ2n) is 5.29. The van der Waals surface area contributed by atoms with Gasteiger partial charge < -0.3 is 16.0 Å². The van der Waals surface area contributed by atoms with Crippen molar-refractivity contribution in [1.29, 1.82) is 0 Å². The molecule has 126 valence electrons. The topological polar surface area (TPSA) is 70.2 Å². The van der Waals surface area contributed by atoms with Gasteiger partial charge in [-0.05, 0) is 42.8 Å². The predicted octanol–water partition coefficient (Wildman–Crippen LogP) is 4.16. The number of anilines is 3. The molecule has 0 atom stereocenters. The zero-order valence-electron chi connectivity index (χ0n) is 13.7. The van der Waals surface area contributed by atoms with E-state index in [9.17, 15) is 9.59 Å². The molecule has 2 rings (SSSR count). The first kappa shape index (κ1) is 18.0. The summed E-state index contributed by atoms with van der Waals surface area (Å²) in [4.78, 5) is 23.7. The molecule has 5 nitrogen and oxygen atoms in total. The van der Waals surface area contributed by atoms with Crippen molar-refractivity contribution in [2.45, 2.75) is 20.3 Å². The molecule has 3 N–H and O–H groups in total. The second kappa shape index (κ2) is 8.49. The van der Waals surface area contributed by atoms with Crippen LogP contribution in [0.2, 0.25) is 0 Å². The molecule has 0 saturated heterocycles. The average Bonchev–Trinajstić information content (AvgIpc) is 2.56. The number of halogens is 1. The third-order valence-corrected chi connectivity index (χ3v) is 3.97. The number of nitrogens with one attached hydrogen (secondary N) is 3. The number of hydrogen-bond acceptors (Lipinski definition) is 3. The highest BCUT2D eigenvalue weighted by Gasteiger charge is 2.09. The first-order chi connectivity index (χ1) is 11.5. The van der Waals surface area contributed by atoms with Gasteiger partial charge in [-0.15, -0.1) is 0 Å². The van der Waals surface area contributed by atoms with Gasteiger partial charge in [0.25, 0.3) is 0 Å². The lowest BCUT2D eigenvalue weighted by molar-refractivity contribution is -0.116. The highest BCUT2D eigenvalue weighted by atomic mass is 79.9. The molecular formula is C18H20BrN3O2. The van der Waals surface area contributed by atoms with Crippen molar-refractivity contribution in [2.75, 3.05) is 22.5 Å². The van der Waals surface area contributed by atoms with Crippen LogP contribution in [0.1, 0.15) is 18.9 Å². The molecule has 0 aliphatic heterocycles. The third-order valence-electron chi connectivity index (χ3n) is 3.48. The normalized spacial score (nSPS) is 10.1. The van der Waals surface area contributed by atoms with Crippen molar-refractivity contribution in [1.82, 2.24) is 0 Å². The molecule has 2 amide bonds. The van der Waals surface area contributed by atoms with Crippen LogP contribution in [0.25, 0.3) is 0 Å². The number of amides is 2. The maximum absolute atomic E-state index is 12.1. The summed E-state index contributed by atoms with van der Waals surface area (Å²) in [5.74, 6) is -0.213. The van der Waals surface area contributed by atoms with E-state index in [1.165, 1.54) is 0 Å². The van der Waals surface area contributed by atoms with Crippen molar-refractivity contribution in [3.63, 3.8) is 0 Å². The Kier molecular flexibility index (Phi) is 6.37. The molecule has 0 radical (unpaired) electrons. The fraction of sp³-hybridized carbons (Fsp3) is 0.222. The van der Waals surface area contributed by atoms with Crippen molar-refractivity contribution < 1.29 is 9.59 Å². The van der Waals surface area contributed by atoms with E-state index >= 15 is 0 Å². The average molecular weight is 390 g/mol. The molecule has 0 aliphatic carbocycles. The molecule has 0 heterocycles. The molecule has 0 unspecified atom stereocenters. The monoisotopic (exact) mass is 389 g/mol. The van der Waals surface area contributed by atoms with Crippen LogP contribution in [-0.2, 0) is 9.59 Å². The largest absolute Gasteiger partial charge is 0.376 e. The van der Waals surface area contributed by atoms with E-state index in [1.54, 1.807) is 13.0 Å². The van der Waals surface area contributed by atoms with Crippen LogP contribution in [0, 0.1) is 6.92 Å². The molecule has 0 aliphatic rings. The van der Waals surface area contributed by atoms with Crippen molar-refractivity contribution in [3.05, 3.63) is 52.5 Å². The Bertz CT molecular complexity index is 747. The molecule has 0 saturated carbocycles. The maximum Gasteiger partial charge on any atom is 0.243 e. The minimum atomic E-state index is -0.156. The van der Waals surface area contributed by atoms with Gasteiger partial charge in [0.15, 0.2) is 0 Å². The van der Waals surface area contributed by atoms with E-state index < -0.39 is 0 Å². The summed E-state index contributed by atoms with van der Waals surface area (Å²) in [7, 11) is 0.